The fourth-order valence-corrected chi connectivity index (χ4v) is 3.16. The van der Waals surface area contributed by atoms with Crippen molar-refractivity contribution in [2.45, 2.75) is 0 Å². The summed E-state index contributed by atoms with van der Waals surface area (Å²) < 4.78 is 0.784. The van der Waals surface area contributed by atoms with Crippen LogP contribution in [0.5, 0.6) is 0 Å². The summed E-state index contributed by atoms with van der Waals surface area (Å²) in [6, 6.07) is 7.61. The molecule has 2 aromatic carbocycles. The van der Waals surface area contributed by atoms with E-state index in [2.05, 4.69) is 37.2 Å². The van der Waals surface area contributed by atoms with Crippen LogP contribution in [0.15, 0.2) is 39.3 Å². The molecular formula is C14H7Br2Cl2NO3. The predicted molar refractivity (Wildman–Crippen MR) is 93.2 cm³/mol. The van der Waals surface area contributed by atoms with Crippen LogP contribution in [-0.2, 0) is 0 Å². The zero-order chi connectivity index (χ0) is 16.4. The molecule has 0 saturated carbocycles. The van der Waals surface area contributed by atoms with E-state index in [4.69, 9.17) is 23.2 Å². The summed E-state index contributed by atoms with van der Waals surface area (Å²) in [5.41, 5.74) is 0.264. The van der Waals surface area contributed by atoms with Gasteiger partial charge in [-0.3, -0.25) is 4.79 Å². The highest BCUT2D eigenvalue weighted by Gasteiger charge is 2.20. The van der Waals surface area contributed by atoms with Gasteiger partial charge in [0.1, 0.15) is 0 Å². The Hall–Kier alpha value is -1.08. The minimum atomic E-state index is -1.18. The first-order chi connectivity index (χ1) is 10.3. The van der Waals surface area contributed by atoms with Crippen LogP contribution in [0.25, 0.3) is 0 Å². The lowest BCUT2D eigenvalue weighted by Crippen LogP contribution is -2.16. The van der Waals surface area contributed by atoms with Crippen LogP contribution in [0.4, 0.5) is 5.69 Å². The van der Waals surface area contributed by atoms with Crippen molar-refractivity contribution in [3.8, 4) is 0 Å². The lowest BCUT2D eigenvalue weighted by molar-refractivity contribution is 0.0697. The van der Waals surface area contributed by atoms with E-state index in [1.54, 1.807) is 12.1 Å². The topological polar surface area (TPSA) is 66.4 Å². The normalized spacial score (nSPS) is 10.4. The van der Waals surface area contributed by atoms with Crippen LogP contribution >= 0.6 is 55.1 Å². The zero-order valence-electron chi connectivity index (χ0n) is 10.7. The highest BCUT2D eigenvalue weighted by atomic mass is 79.9. The van der Waals surface area contributed by atoms with Crippen LogP contribution in [0.1, 0.15) is 20.7 Å². The summed E-state index contributed by atoms with van der Waals surface area (Å²) >= 11 is 18.2. The summed E-state index contributed by atoms with van der Waals surface area (Å²) in [7, 11) is 0. The molecule has 0 aliphatic rings. The quantitative estimate of drug-likeness (QED) is 0.629. The third-order valence-electron chi connectivity index (χ3n) is 2.73. The van der Waals surface area contributed by atoms with E-state index >= 15 is 0 Å². The molecule has 0 aliphatic heterocycles. The largest absolute Gasteiger partial charge is 0.478 e. The molecule has 8 heteroatoms. The number of carboxylic acids is 1. The number of carbonyl (C=O) groups is 2. The number of carbonyl (C=O) groups excluding carboxylic acids is 1. The van der Waals surface area contributed by atoms with E-state index in [-0.39, 0.29) is 21.8 Å². The molecule has 4 nitrogen and oxygen atoms in total. The number of nitrogens with one attached hydrogen (secondary N) is 1. The fourth-order valence-electron chi connectivity index (χ4n) is 1.74. The van der Waals surface area contributed by atoms with Crippen molar-refractivity contribution in [3.63, 3.8) is 0 Å². The summed E-state index contributed by atoms with van der Waals surface area (Å²) in [5.74, 6) is -1.71. The van der Waals surface area contributed by atoms with Crippen LogP contribution in [-0.4, -0.2) is 17.0 Å². The number of hydrogen-bond donors (Lipinski definition) is 2. The van der Waals surface area contributed by atoms with Crippen LogP contribution in [0, 0.1) is 0 Å². The smallest absolute Gasteiger partial charge is 0.339 e. The van der Waals surface area contributed by atoms with Gasteiger partial charge in [0, 0.05) is 14.0 Å². The minimum Gasteiger partial charge on any atom is -0.478 e. The number of carboxylic acid groups (broad SMARTS) is 1. The second-order valence-corrected chi connectivity index (χ2v) is 6.71. The van der Waals surface area contributed by atoms with Gasteiger partial charge in [-0.25, -0.2) is 4.79 Å². The van der Waals surface area contributed by atoms with Gasteiger partial charge in [0.15, 0.2) is 0 Å². The molecule has 0 aromatic heterocycles. The van der Waals surface area contributed by atoms with Gasteiger partial charge in [0.2, 0.25) is 0 Å². The molecule has 0 radical (unpaired) electrons. The molecule has 0 heterocycles. The molecule has 22 heavy (non-hydrogen) atoms. The molecule has 0 aliphatic carbocycles. The molecule has 2 rings (SSSR count). The molecule has 0 spiro atoms. The Morgan fingerprint density at radius 3 is 2.27 bits per heavy atom. The highest BCUT2D eigenvalue weighted by Crippen LogP contribution is 2.33. The van der Waals surface area contributed by atoms with Crippen LogP contribution in [0.3, 0.4) is 0 Å². The Morgan fingerprint density at radius 2 is 1.68 bits per heavy atom. The number of hydrogen-bond acceptors (Lipinski definition) is 2. The fraction of sp³-hybridized carbons (Fsp3) is 0. The number of rotatable bonds is 3. The number of amides is 1. The molecule has 0 atom stereocenters. The Morgan fingerprint density at radius 1 is 1.05 bits per heavy atom. The van der Waals surface area contributed by atoms with Crippen molar-refractivity contribution >= 4 is 72.6 Å². The maximum atomic E-state index is 12.3. The molecule has 0 saturated heterocycles. The van der Waals surface area contributed by atoms with Gasteiger partial charge in [0.25, 0.3) is 5.91 Å². The summed E-state index contributed by atoms with van der Waals surface area (Å²) in [6.07, 6.45) is 0. The average molecular weight is 468 g/mol. The standard InChI is InChI=1S/C14H7Br2Cl2NO3/c15-8-3-4-9(16)12(11(8)14(21)22)19-13(20)7-2-1-6(17)5-10(7)18/h1-5H,(H,19,20)(H,21,22). The van der Waals surface area contributed by atoms with Crippen molar-refractivity contribution in [1.82, 2.24) is 0 Å². The Bertz CT molecular complexity index is 781. The van der Waals surface area contributed by atoms with Crippen LogP contribution < -0.4 is 5.32 Å². The molecule has 0 unspecified atom stereocenters. The molecule has 0 bridgehead atoms. The van der Waals surface area contributed by atoms with E-state index in [0.717, 1.165) is 0 Å². The second-order valence-electron chi connectivity index (χ2n) is 4.16. The van der Waals surface area contributed by atoms with Crippen molar-refractivity contribution < 1.29 is 14.7 Å². The molecule has 0 fully saturated rings. The summed E-state index contributed by atoms with van der Waals surface area (Å²) in [5, 5.41) is 12.4. The van der Waals surface area contributed by atoms with Gasteiger partial charge >= 0.3 is 5.97 Å². The van der Waals surface area contributed by atoms with Gasteiger partial charge in [-0.05, 0) is 62.2 Å². The van der Waals surface area contributed by atoms with E-state index in [1.165, 1.54) is 18.2 Å². The summed E-state index contributed by atoms with van der Waals surface area (Å²) in [4.78, 5) is 23.7. The Kier molecular flexibility index (Phi) is 5.50. The van der Waals surface area contributed by atoms with Crippen molar-refractivity contribution in [1.29, 1.82) is 0 Å². The maximum absolute atomic E-state index is 12.3. The molecule has 2 N–H and O–H groups in total. The molecular weight excluding hydrogens is 461 g/mol. The number of aromatic carboxylic acids is 1. The lowest BCUT2D eigenvalue weighted by Gasteiger charge is -2.13. The second kappa shape index (κ2) is 7.00. The van der Waals surface area contributed by atoms with Crippen molar-refractivity contribution in [3.05, 3.63) is 60.4 Å². The van der Waals surface area contributed by atoms with Crippen molar-refractivity contribution in [2.24, 2.45) is 0 Å². The van der Waals surface area contributed by atoms with E-state index in [0.29, 0.717) is 14.0 Å². The van der Waals surface area contributed by atoms with E-state index in [1.807, 2.05) is 0 Å². The SMILES string of the molecule is O=C(Nc1c(Br)ccc(Br)c1C(=O)O)c1ccc(Cl)cc1Cl. The first-order valence-electron chi connectivity index (χ1n) is 5.79. The first kappa shape index (κ1) is 17.3. The van der Waals surface area contributed by atoms with Gasteiger partial charge in [-0.2, -0.15) is 0 Å². The number of halogens is 4. The molecule has 114 valence electrons. The zero-order valence-corrected chi connectivity index (χ0v) is 15.3. The Balaban J connectivity index is 2.44. The number of benzene rings is 2. The third-order valence-corrected chi connectivity index (χ3v) is 4.60. The van der Waals surface area contributed by atoms with Gasteiger partial charge in [-0.1, -0.05) is 23.2 Å². The average Bonchev–Trinajstić information content (AvgIpc) is 2.42. The summed E-state index contributed by atoms with van der Waals surface area (Å²) in [6.45, 7) is 0. The van der Waals surface area contributed by atoms with Gasteiger partial charge in [0.05, 0.1) is 21.8 Å². The monoisotopic (exact) mass is 465 g/mol. The van der Waals surface area contributed by atoms with Crippen molar-refractivity contribution in [2.75, 3.05) is 5.32 Å². The van der Waals surface area contributed by atoms with E-state index < -0.39 is 11.9 Å². The predicted octanol–water partition coefficient (Wildman–Crippen LogP) is 5.47. The third kappa shape index (κ3) is 3.63. The Labute approximate surface area is 152 Å². The van der Waals surface area contributed by atoms with Gasteiger partial charge in [-0.15, -0.1) is 0 Å². The first-order valence-corrected chi connectivity index (χ1v) is 8.13. The van der Waals surface area contributed by atoms with E-state index in [9.17, 15) is 14.7 Å². The lowest BCUT2D eigenvalue weighted by atomic mass is 10.1. The molecule has 1 amide bonds. The maximum Gasteiger partial charge on any atom is 0.339 e. The highest BCUT2D eigenvalue weighted by molar-refractivity contribution is 9.11. The number of anilines is 1. The minimum absolute atomic E-state index is 0.0622. The van der Waals surface area contributed by atoms with Gasteiger partial charge < -0.3 is 10.4 Å². The molecule has 2 aromatic rings. The van der Waals surface area contributed by atoms with Crippen LogP contribution in [0.2, 0.25) is 10.0 Å².